The molecule has 1 saturated heterocycles. The lowest BCUT2D eigenvalue weighted by Crippen LogP contribution is -2.53. The standard InChI is InChI=1S/C8H12F4N2O.ClH/c9-6(10)8(11,12)7(15)14-5-2-1-3-13-4-5;/h5-6,13H,1-4H2,(H,14,15);1H/t5-;/m1./s1. The van der Waals surface area contributed by atoms with Crippen LogP contribution in [-0.4, -0.2) is 37.4 Å². The van der Waals surface area contributed by atoms with E-state index in [0.717, 1.165) is 13.0 Å². The van der Waals surface area contributed by atoms with Crippen LogP contribution in [0.3, 0.4) is 0 Å². The molecule has 1 atom stereocenters. The van der Waals surface area contributed by atoms with Crippen molar-refractivity contribution in [1.82, 2.24) is 10.6 Å². The van der Waals surface area contributed by atoms with Gasteiger partial charge in [0.15, 0.2) is 0 Å². The number of alkyl halides is 4. The number of nitrogens with one attached hydrogen (secondary N) is 2. The second-order valence-corrected chi connectivity index (χ2v) is 3.44. The fraction of sp³-hybridized carbons (Fsp3) is 0.875. The summed E-state index contributed by atoms with van der Waals surface area (Å²) < 4.78 is 48.6. The molecule has 0 spiro atoms. The molecule has 1 fully saturated rings. The van der Waals surface area contributed by atoms with Crippen molar-refractivity contribution in [2.75, 3.05) is 13.1 Å². The highest BCUT2D eigenvalue weighted by molar-refractivity contribution is 5.85. The van der Waals surface area contributed by atoms with E-state index in [1.165, 1.54) is 0 Å². The van der Waals surface area contributed by atoms with Gasteiger partial charge in [0.25, 0.3) is 5.91 Å². The van der Waals surface area contributed by atoms with E-state index in [4.69, 9.17) is 0 Å². The molecule has 16 heavy (non-hydrogen) atoms. The van der Waals surface area contributed by atoms with Gasteiger partial charge in [-0.05, 0) is 19.4 Å². The minimum atomic E-state index is -4.60. The topological polar surface area (TPSA) is 41.1 Å². The van der Waals surface area contributed by atoms with Crippen molar-refractivity contribution >= 4 is 18.3 Å². The van der Waals surface area contributed by atoms with Crippen LogP contribution in [-0.2, 0) is 4.79 Å². The Morgan fingerprint density at radius 3 is 2.50 bits per heavy atom. The van der Waals surface area contributed by atoms with Crippen molar-refractivity contribution in [3.63, 3.8) is 0 Å². The quantitative estimate of drug-likeness (QED) is 0.752. The molecular weight excluding hydrogens is 252 g/mol. The van der Waals surface area contributed by atoms with Gasteiger partial charge in [-0.25, -0.2) is 8.78 Å². The highest BCUT2D eigenvalue weighted by Crippen LogP contribution is 2.23. The summed E-state index contributed by atoms with van der Waals surface area (Å²) in [6.07, 6.45) is -2.71. The molecule has 2 N–H and O–H groups in total. The second kappa shape index (κ2) is 6.24. The average molecular weight is 265 g/mol. The minimum Gasteiger partial charge on any atom is -0.347 e. The van der Waals surface area contributed by atoms with Gasteiger partial charge in [-0.2, -0.15) is 8.78 Å². The van der Waals surface area contributed by atoms with Crippen LogP contribution < -0.4 is 10.6 Å². The van der Waals surface area contributed by atoms with Crippen molar-refractivity contribution in [3.8, 4) is 0 Å². The SMILES string of the molecule is Cl.O=C(N[C@@H]1CCCNC1)C(F)(F)C(F)F. The third-order valence-electron chi connectivity index (χ3n) is 2.21. The van der Waals surface area contributed by atoms with E-state index in [1.807, 2.05) is 5.32 Å². The largest absolute Gasteiger partial charge is 0.383 e. The molecule has 0 unspecified atom stereocenters. The highest BCUT2D eigenvalue weighted by Gasteiger charge is 2.49. The zero-order chi connectivity index (χ0) is 11.5. The third-order valence-corrected chi connectivity index (χ3v) is 2.21. The van der Waals surface area contributed by atoms with E-state index in [1.54, 1.807) is 0 Å². The normalized spacial score (nSPS) is 21.4. The monoisotopic (exact) mass is 264 g/mol. The molecule has 0 bridgehead atoms. The highest BCUT2D eigenvalue weighted by atomic mass is 35.5. The van der Waals surface area contributed by atoms with Crippen LogP contribution in [0.4, 0.5) is 17.6 Å². The van der Waals surface area contributed by atoms with Gasteiger partial charge < -0.3 is 10.6 Å². The maximum atomic E-state index is 12.5. The summed E-state index contributed by atoms with van der Waals surface area (Å²) in [5.74, 6) is -6.50. The van der Waals surface area contributed by atoms with E-state index >= 15 is 0 Å². The molecule has 0 aliphatic carbocycles. The molecule has 8 heteroatoms. The Kier molecular flexibility index (Phi) is 6.02. The molecule has 1 heterocycles. The van der Waals surface area contributed by atoms with Crippen LogP contribution in [0.2, 0.25) is 0 Å². The Morgan fingerprint density at radius 1 is 1.44 bits per heavy atom. The number of rotatable bonds is 3. The summed E-state index contributed by atoms with van der Waals surface area (Å²) in [7, 11) is 0. The van der Waals surface area contributed by atoms with Crippen molar-refractivity contribution in [2.45, 2.75) is 31.2 Å². The Balaban J connectivity index is 0.00000225. The molecule has 1 amide bonds. The lowest BCUT2D eigenvalue weighted by atomic mass is 10.1. The summed E-state index contributed by atoms with van der Waals surface area (Å²) in [4.78, 5) is 10.8. The summed E-state index contributed by atoms with van der Waals surface area (Å²) in [5, 5.41) is 4.78. The molecule has 0 aromatic heterocycles. The van der Waals surface area contributed by atoms with Gasteiger partial charge in [0, 0.05) is 12.6 Å². The smallest absolute Gasteiger partial charge is 0.347 e. The van der Waals surface area contributed by atoms with Crippen LogP contribution in [0.1, 0.15) is 12.8 Å². The first kappa shape index (κ1) is 15.4. The summed E-state index contributed by atoms with van der Waals surface area (Å²) in [6.45, 7) is 1.09. The fourth-order valence-electron chi connectivity index (χ4n) is 1.36. The number of piperidine rings is 1. The Hall–Kier alpha value is -0.560. The van der Waals surface area contributed by atoms with Crippen LogP contribution in [0.25, 0.3) is 0 Å². The predicted octanol–water partition coefficient (Wildman–Crippen LogP) is 1.18. The molecule has 0 aromatic rings. The molecule has 0 aromatic carbocycles. The number of amides is 1. The van der Waals surface area contributed by atoms with Gasteiger partial charge in [0.05, 0.1) is 0 Å². The van der Waals surface area contributed by atoms with Gasteiger partial charge in [0.1, 0.15) is 0 Å². The maximum absolute atomic E-state index is 12.5. The van der Waals surface area contributed by atoms with Crippen LogP contribution >= 0.6 is 12.4 Å². The van der Waals surface area contributed by atoms with Gasteiger partial charge in [-0.15, -0.1) is 12.4 Å². The van der Waals surface area contributed by atoms with Crippen molar-refractivity contribution in [2.24, 2.45) is 0 Å². The van der Waals surface area contributed by atoms with Crippen molar-refractivity contribution in [1.29, 1.82) is 0 Å². The molecule has 0 saturated carbocycles. The molecule has 96 valence electrons. The predicted molar refractivity (Wildman–Crippen MR) is 52.2 cm³/mol. The van der Waals surface area contributed by atoms with Gasteiger partial charge in [-0.1, -0.05) is 0 Å². The first-order valence-electron chi connectivity index (χ1n) is 4.62. The fourth-order valence-corrected chi connectivity index (χ4v) is 1.36. The molecule has 1 aliphatic rings. The maximum Gasteiger partial charge on any atom is 0.383 e. The Labute approximate surface area is 96.4 Å². The van der Waals surface area contributed by atoms with Crippen molar-refractivity contribution in [3.05, 3.63) is 0 Å². The first-order chi connectivity index (χ1) is 6.94. The third kappa shape index (κ3) is 3.79. The number of carbonyl (C=O) groups is 1. The van der Waals surface area contributed by atoms with E-state index in [0.29, 0.717) is 13.0 Å². The summed E-state index contributed by atoms with van der Waals surface area (Å²) in [6, 6.07) is -0.490. The van der Waals surface area contributed by atoms with E-state index < -0.39 is 24.3 Å². The van der Waals surface area contributed by atoms with Gasteiger partial charge in [0.2, 0.25) is 0 Å². The summed E-state index contributed by atoms with van der Waals surface area (Å²) in [5.41, 5.74) is 0. The van der Waals surface area contributed by atoms with Gasteiger partial charge >= 0.3 is 12.3 Å². The molecule has 1 aliphatic heterocycles. The number of hydrogen-bond acceptors (Lipinski definition) is 2. The summed E-state index contributed by atoms with van der Waals surface area (Å²) >= 11 is 0. The lowest BCUT2D eigenvalue weighted by Gasteiger charge is -2.25. The lowest BCUT2D eigenvalue weighted by molar-refractivity contribution is -0.170. The number of carbonyl (C=O) groups excluding carboxylic acids is 1. The molecule has 1 rings (SSSR count). The average Bonchev–Trinajstić information content (AvgIpc) is 2.18. The van der Waals surface area contributed by atoms with Crippen LogP contribution in [0.5, 0.6) is 0 Å². The second-order valence-electron chi connectivity index (χ2n) is 3.44. The first-order valence-corrected chi connectivity index (χ1v) is 4.62. The number of hydrogen-bond donors (Lipinski definition) is 2. The van der Waals surface area contributed by atoms with Gasteiger partial charge in [-0.3, -0.25) is 4.79 Å². The van der Waals surface area contributed by atoms with E-state index in [2.05, 4.69) is 5.32 Å². The van der Waals surface area contributed by atoms with Crippen LogP contribution in [0.15, 0.2) is 0 Å². The molecule has 0 radical (unpaired) electrons. The zero-order valence-electron chi connectivity index (χ0n) is 8.31. The Bertz CT molecular complexity index is 234. The number of halogens is 5. The van der Waals surface area contributed by atoms with Crippen molar-refractivity contribution < 1.29 is 22.4 Å². The Morgan fingerprint density at radius 2 is 2.06 bits per heavy atom. The van der Waals surface area contributed by atoms with Crippen LogP contribution in [0, 0.1) is 0 Å². The molecule has 3 nitrogen and oxygen atoms in total. The van der Waals surface area contributed by atoms with E-state index in [-0.39, 0.29) is 12.4 Å². The van der Waals surface area contributed by atoms with E-state index in [9.17, 15) is 22.4 Å². The molecular formula is C8H13ClF4N2O. The minimum absolute atomic E-state index is 0. The zero-order valence-corrected chi connectivity index (χ0v) is 9.13.